The van der Waals surface area contributed by atoms with E-state index in [0.717, 1.165) is 21.9 Å². The Morgan fingerprint density at radius 1 is 0.944 bits per heavy atom. The normalized spacial score (nSPS) is 14.8. The lowest BCUT2D eigenvalue weighted by Gasteiger charge is -2.14. The molecule has 0 bridgehead atoms. The van der Waals surface area contributed by atoms with E-state index in [1.165, 1.54) is 38.1 Å². The van der Waals surface area contributed by atoms with E-state index in [1.807, 2.05) is 0 Å². The first-order valence-electron chi connectivity index (χ1n) is 9.67. The van der Waals surface area contributed by atoms with E-state index in [2.05, 4.69) is 24.2 Å². The summed E-state index contributed by atoms with van der Waals surface area (Å²) in [6, 6.07) is 4.91. The van der Waals surface area contributed by atoms with E-state index in [1.54, 1.807) is 0 Å². The maximum absolute atomic E-state index is 11.8. The summed E-state index contributed by atoms with van der Waals surface area (Å²) >= 11 is 0. The van der Waals surface area contributed by atoms with Crippen molar-refractivity contribution in [3.8, 4) is 0 Å². The number of rotatable bonds is 6. The molecule has 0 N–H and O–H groups in total. The van der Waals surface area contributed by atoms with Gasteiger partial charge in [0.05, 0.1) is 17.1 Å². The molecule has 186 valence electrons. The lowest BCUT2D eigenvalue weighted by molar-refractivity contribution is -0.137. The monoisotopic (exact) mass is 516 g/mol. The number of nitrogens with zero attached hydrogens (tertiary/aromatic N) is 8. The van der Waals surface area contributed by atoms with Crippen LogP contribution in [0.4, 0.5) is 10.5 Å². The minimum absolute atomic E-state index is 0.0573. The number of carbonyl (C=O) groups is 5. The molecule has 3 rings (SSSR count). The third kappa shape index (κ3) is 6.32. The van der Waals surface area contributed by atoms with Crippen LogP contribution in [-0.4, -0.2) is 56.2 Å². The molecule has 0 saturated carbocycles. The summed E-state index contributed by atoms with van der Waals surface area (Å²) in [5.74, 6) is -1.80. The van der Waals surface area contributed by atoms with Crippen molar-refractivity contribution in [2.45, 2.75) is 18.7 Å². The second-order valence-corrected chi connectivity index (χ2v) is 8.46. The molecule has 1 aromatic carbocycles. The van der Waals surface area contributed by atoms with Crippen LogP contribution in [0.2, 0.25) is 0 Å². The summed E-state index contributed by atoms with van der Waals surface area (Å²) in [5.41, 5.74) is 16.9. The Morgan fingerprint density at radius 3 is 2.00 bits per heavy atom. The van der Waals surface area contributed by atoms with Crippen LogP contribution < -0.4 is 4.90 Å². The summed E-state index contributed by atoms with van der Waals surface area (Å²) < 4.78 is 30.1. The molecule has 2 aliphatic rings. The first-order chi connectivity index (χ1) is 16.9. The predicted molar refractivity (Wildman–Crippen MR) is 120 cm³/mol. The van der Waals surface area contributed by atoms with Crippen LogP contribution in [0.1, 0.15) is 13.8 Å². The Morgan fingerprint density at radius 2 is 1.53 bits per heavy atom. The van der Waals surface area contributed by atoms with Crippen molar-refractivity contribution in [3.05, 3.63) is 68.4 Å². The van der Waals surface area contributed by atoms with Crippen LogP contribution in [0.15, 0.2) is 62.1 Å². The molecule has 0 radical (unpaired) electrons. The van der Waals surface area contributed by atoms with Gasteiger partial charge in [0.1, 0.15) is 6.61 Å². The molecule has 0 spiro atoms. The number of azide groups is 2. The number of anilines is 1. The van der Waals surface area contributed by atoms with E-state index in [0.29, 0.717) is 11.1 Å². The first-order valence-corrected chi connectivity index (χ1v) is 11.1. The molecule has 1 aromatic rings. The van der Waals surface area contributed by atoms with Crippen LogP contribution in [0.5, 0.6) is 0 Å². The summed E-state index contributed by atoms with van der Waals surface area (Å²) in [5, 5.41) is 2.66. The molecule has 0 unspecified atom stereocenters. The number of ether oxygens (including phenoxy) is 1. The largest absolute Gasteiger partial charge is 0.459 e. The van der Waals surface area contributed by atoms with Gasteiger partial charge >= 0.3 is 6.09 Å². The van der Waals surface area contributed by atoms with Crippen molar-refractivity contribution >= 4 is 45.4 Å². The predicted octanol–water partition coefficient (Wildman–Crippen LogP) is 2.25. The van der Waals surface area contributed by atoms with Crippen LogP contribution in [0, 0.1) is 0 Å². The van der Waals surface area contributed by atoms with E-state index in [4.69, 9.17) is 11.1 Å². The molecule has 2 heterocycles. The molecule has 16 nitrogen and oxygen atoms in total. The Hall–Kier alpha value is -4.98. The summed E-state index contributed by atoms with van der Waals surface area (Å²) in [7, 11) is -4.08. The van der Waals surface area contributed by atoms with E-state index < -0.39 is 39.7 Å². The molecule has 0 aromatic heterocycles. The summed E-state index contributed by atoms with van der Waals surface area (Å²) in [6.45, 7) is 2.78. The van der Waals surface area contributed by atoms with Crippen molar-refractivity contribution < 1.29 is 37.1 Å². The zero-order valence-electron chi connectivity index (χ0n) is 18.6. The van der Waals surface area contributed by atoms with E-state index in [-0.39, 0.29) is 23.7 Å². The highest BCUT2D eigenvalue weighted by atomic mass is 32.2. The third-order valence-corrected chi connectivity index (χ3v) is 5.65. The number of carbonyl (C=O) groups excluding carboxylic acids is 5. The van der Waals surface area contributed by atoms with Gasteiger partial charge in [0, 0.05) is 42.8 Å². The lowest BCUT2D eigenvalue weighted by Crippen LogP contribution is -2.34. The molecule has 17 heteroatoms. The quantitative estimate of drug-likeness (QED) is 0.235. The fourth-order valence-electron chi connectivity index (χ4n) is 2.83. The minimum Gasteiger partial charge on any atom is -0.459 e. The number of sulfonamides is 1. The second-order valence-electron chi connectivity index (χ2n) is 6.87. The average Bonchev–Trinajstić information content (AvgIpc) is 3.21. The van der Waals surface area contributed by atoms with Gasteiger partial charge < -0.3 is 4.74 Å². The van der Waals surface area contributed by atoms with Gasteiger partial charge in [0.15, 0.2) is 0 Å². The average molecular weight is 516 g/mol. The second kappa shape index (κ2) is 11.4. The van der Waals surface area contributed by atoms with Gasteiger partial charge in [-0.3, -0.25) is 24.1 Å². The third-order valence-electron chi connectivity index (χ3n) is 4.49. The molecule has 2 aliphatic heterocycles. The van der Waals surface area contributed by atoms with Crippen molar-refractivity contribution in [1.29, 1.82) is 0 Å². The number of benzene rings is 1. The fraction of sp³-hybridized carbons (Fsp3) is 0.211. The maximum atomic E-state index is 11.8. The van der Waals surface area contributed by atoms with Gasteiger partial charge in [-0.2, -0.15) is 0 Å². The topological polar surface area (TPSA) is 233 Å². The SMILES string of the molecule is CC1=CC(=O)N(CCOC(=O)N=[N+]=[N-])C1=O.CC1=CC(=O)N(c2ccc(S(=O)(=O)N=[N+]=[N-])cc2)C1=O. The van der Waals surface area contributed by atoms with Crippen LogP contribution >= 0.6 is 0 Å². The molecular formula is C19H16N8O8S. The summed E-state index contributed by atoms with van der Waals surface area (Å²) in [4.78, 5) is 62.6. The molecule has 5 amide bonds. The number of hydrogen-bond acceptors (Lipinski definition) is 8. The highest BCUT2D eigenvalue weighted by molar-refractivity contribution is 7.90. The van der Waals surface area contributed by atoms with Crippen molar-refractivity contribution in [3.63, 3.8) is 0 Å². The Bertz CT molecular complexity index is 1400. The molecule has 0 aliphatic carbocycles. The van der Waals surface area contributed by atoms with Gasteiger partial charge in [-0.1, -0.05) is 0 Å². The van der Waals surface area contributed by atoms with E-state index in [9.17, 15) is 32.4 Å². The van der Waals surface area contributed by atoms with Crippen molar-refractivity contribution in [1.82, 2.24) is 4.90 Å². The van der Waals surface area contributed by atoms with Gasteiger partial charge in [-0.15, -0.1) is 0 Å². The number of imide groups is 2. The Balaban J connectivity index is 0.000000261. The van der Waals surface area contributed by atoms with Crippen LogP contribution in [0.3, 0.4) is 0 Å². The number of hydrogen-bond donors (Lipinski definition) is 0. The molecule has 36 heavy (non-hydrogen) atoms. The van der Waals surface area contributed by atoms with Crippen LogP contribution in [0.25, 0.3) is 20.9 Å². The standard InChI is InChI=1S/C11H8N4O4S.C8H8N4O4/c1-7-6-10(16)15(11(7)17)8-2-4-9(5-3-8)20(18,19)14-13-12;1-5-4-6(13)12(7(5)14)2-3-16-8(15)10-11-9/h2-6H,1H3;4H,2-3H2,1H3. The first kappa shape index (κ1) is 27.3. The summed E-state index contributed by atoms with van der Waals surface area (Å²) in [6.07, 6.45) is 1.32. The van der Waals surface area contributed by atoms with E-state index >= 15 is 0 Å². The van der Waals surface area contributed by atoms with Gasteiger partial charge in [0.25, 0.3) is 33.7 Å². The van der Waals surface area contributed by atoms with Crippen molar-refractivity contribution in [2.24, 2.45) is 9.63 Å². The number of amides is 5. The molecule has 0 atom stereocenters. The highest BCUT2D eigenvalue weighted by Gasteiger charge is 2.30. The zero-order valence-corrected chi connectivity index (χ0v) is 19.4. The van der Waals surface area contributed by atoms with Crippen molar-refractivity contribution in [2.75, 3.05) is 18.1 Å². The zero-order chi connectivity index (χ0) is 27.0. The highest BCUT2D eigenvalue weighted by Crippen LogP contribution is 2.24. The molecular weight excluding hydrogens is 500 g/mol. The van der Waals surface area contributed by atoms with Crippen LogP contribution in [-0.2, 0) is 33.9 Å². The molecule has 0 saturated heterocycles. The van der Waals surface area contributed by atoms with Gasteiger partial charge in [0.2, 0.25) is 0 Å². The Labute approximate surface area is 202 Å². The minimum atomic E-state index is -4.08. The van der Waals surface area contributed by atoms with Gasteiger partial charge in [-0.05, 0) is 49.2 Å². The fourth-order valence-corrected chi connectivity index (χ4v) is 3.50. The maximum Gasteiger partial charge on any atom is 0.396 e. The smallest absolute Gasteiger partial charge is 0.396 e. The molecule has 0 fully saturated rings. The Kier molecular flexibility index (Phi) is 8.66. The lowest BCUT2D eigenvalue weighted by atomic mass is 10.3. The van der Waals surface area contributed by atoms with Gasteiger partial charge in [-0.25, -0.2) is 18.1 Å².